The minimum atomic E-state index is -0.686. The van der Waals surface area contributed by atoms with Crippen molar-refractivity contribution < 1.29 is 9.18 Å². The van der Waals surface area contributed by atoms with Crippen molar-refractivity contribution in [1.82, 2.24) is 0 Å². The molecule has 2 aromatic rings. The second kappa shape index (κ2) is 5.56. The summed E-state index contributed by atoms with van der Waals surface area (Å²) < 4.78 is 13.3. The monoisotopic (exact) mass is 313 g/mol. The Morgan fingerprint density at radius 1 is 1.10 bits per heavy atom. The molecular formula is C13H10Cl2FN3O. The number of amides is 1. The zero-order valence-electron chi connectivity index (χ0n) is 10.1. The van der Waals surface area contributed by atoms with Gasteiger partial charge in [-0.2, -0.15) is 0 Å². The predicted octanol–water partition coefficient (Wildman–Crippen LogP) is 3.56. The van der Waals surface area contributed by atoms with E-state index >= 15 is 0 Å². The fourth-order valence-corrected chi connectivity index (χ4v) is 2.13. The molecule has 0 spiro atoms. The number of anilines is 3. The SMILES string of the molecule is NC(=O)c1cc(Nc2cc(Cl)c(F)c(Cl)c2)ccc1N. The van der Waals surface area contributed by atoms with E-state index < -0.39 is 11.7 Å². The van der Waals surface area contributed by atoms with Gasteiger partial charge in [0.05, 0.1) is 15.6 Å². The summed E-state index contributed by atoms with van der Waals surface area (Å²) in [5.41, 5.74) is 12.3. The van der Waals surface area contributed by atoms with Crippen LogP contribution in [0.4, 0.5) is 21.5 Å². The molecule has 2 aromatic carbocycles. The minimum absolute atomic E-state index is 0.106. The van der Waals surface area contributed by atoms with Gasteiger partial charge in [-0.15, -0.1) is 0 Å². The second-order valence-corrected chi connectivity index (χ2v) is 4.86. The van der Waals surface area contributed by atoms with Gasteiger partial charge in [0.25, 0.3) is 5.91 Å². The highest BCUT2D eigenvalue weighted by Crippen LogP contribution is 2.29. The summed E-state index contributed by atoms with van der Waals surface area (Å²) in [5, 5.41) is 2.72. The Bertz CT molecular complexity index is 668. The van der Waals surface area contributed by atoms with E-state index in [-0.39, 0.29) is 21.3 Å². The molecule has 7 heteroatoms. The van der Waals surface area contributed by atoms with Crippen molar-refractivity contribution in [2.24, 2.45) is 5.73 Å². The molecule has 0 bridgehead atoms. The molecule has 0 unspecified atom stereocenters. The van der Waals surface area contributed by atoms with Crippen molar-refractivity contribution in [1.29, 1.82) is 0 Å². The number of rotatable bonds is 3. The van der Waals surface area contributed by atoms with Crippen LogP contribution in [0.5, 0.6) is 0 Å². The Morgan fingerprint density at radius 3 is 2.25 bits per heavy atom. The number of hydrogen-bond donors (Lipinski definition) is 3. The Labute approximate surface area is 124 Å². The van der Waals surface area contributed by atoms with Gasteiger partial charge in [-0.3, -0.25) is 4.79 Å². The summed E-state index contributed by atoms with van der Waals surface area (Å²) in [6.45, 7) is 0. The second-order valence-electron chi connectivity index (χ2n) is 4.05. The Balaban J connectivity index is 2.35. The average Bonchev–Trinajstić information content (AvgIpc) is 2.38. The summed E-state index contributed by atoms with van der Waals surface area (Å²) in [6.07, 6.45) is 0. The van der Waals surface area contributed by atoms with Crippen LogP contribution >= 0.6 is 23.2 Å². The molecule has 0 saturated carbocycles. The first kappa shape index (κ1) is 14.4. The number of nitrogens with two attached hydrogens (primary N) is 2. The quantitative estimate of drug-likeness (QED) is 0.598. The number of nitrogens with one attached hydrogen (secondary N) is 1. The van der Waals surface area contributed by atoms with Crippen LogP contribution in [0, 0.1) is 5.82 Å². The smallest absolute Gasteiger partial charge is 0.250 e. The van der Waals surface area contributed by atoms with Crippen molar-refractivity contribution in [2.45, 2.75) is 0 Å². The lowest BCUT2D eigenvalue weighted by Crippen LogP contribution is -2.13. The van der Waals surface area contributed by atoms with Crippen molar-refractivity contribution in [3.8, 4) is 0 Å². The first-order valence-electron chi connectivity index (χ1n) is 5.49. The van der Waals surface area contributed by atoms with E-state index in [4.69, 9.17) is 34.7 Å². The third-order valence-electron chi connectivity index (χ3n) is 2.59. The molecule has 1 amide bonds. The third kappa shape index (κ3) is 2.95. The molecule has 0 fully saturated rings. The van der Waals surface area contributed by atoms with Gasteiger partial charge in [0.1, 0.15) is 0 Å². The summed E-state index contributed by atoms with van der Waals surface area (Å²) in [4.78, 5) is 11.2. The van der Waals surface area contributed by atoms with Gasteiger partial charge >= 0.3 is 0 Å². The first-order chi connectivity index (χ1) is 9.38. The molecule has 20 heavy (non-hydrogen) atoms. The van der Waals surface area contributed by atoms with Crippen molar-refractivity contribution in [2.75, 3.05) is 11.1 Å². The molecule has 0 atom stereocenters. The van der Waals surface area contributed by atoms with Crippen molar-refractivity contribution >= 4 is 46.2 Å². The van der Waals surface area contributed by atoms with E-state index in [1.807, 2.05) is 0 Å². The van der Waals surface area contributed by atoms with E-state index in [0.717, 1.165) is 0 Å². The number of benzene rings is 2. The fraction of sp³-hybridized carbons (Fsp3) is 0. The Kier molecular flexibility index (Phi) is 4.01. The maximum atomic E-state index is 13.3. The number of carbonyl (C=O) groups is 1. The largest absolute Gasteiger partial charge is 0.398 e. The summed E-state index contributed by atoms with van der Waals surface area (Å²) >= 11 is 11.4. The van der Waals surface area contributed by atoms with E-state index in [0.29, 0.717) is 11.4 Å². The number of carbonyl (C=O) groups excluding carboxylic acids is 1. The van der Waals surface area contributed by atoms with Crippen LogP contribution in [-0.4, -0.2) is 5.91 Å². The molecule has 2 rings (SSSR count). The first-order valence-corrected chi connectivity index (χ1v) is 6.25. The molecule has 104 valence electrons. The van der Waals surface area contributed by atoms with Crippen molar-refractivity contribution in [3.63, 3.8) is 0 Å². The Morgan fingerprint density at radius 2 is 1.70 bits per heavy atom. The minimum Gasteiger partial charge on any atom is -0.398 e. The van der Waals surface area contributed by atoms with Crippen LogP contribution in [-0.2, 0) is 0 Å². The molecule has 4 nitrogen and oxygen atoms in total. The highest BCUT2D eigenvalue weighted by atomic mass is 35.5. The average molecular weight is 314 g/mol. The van der Waals surface area contributed by atoms with Crippen LogP contribution in [0.1, 0.15) is 10.4 Å². The van der Waals surface area contributed by atoms with E-state index in [2.05, 4.69) is 5.32 Å². The molecule has 0 aliphatic heterocycles. The van der Waals surface area contributed by atoms with Gasteiger partial charge in [0.15, 0.2) is 5.82 Å². The van der Waals surface area contributed by atoms with Crippen LogP contribution in [0.2, 0.25) is 10.0 Å². The number of primary amides is 1. The van der Waals surface area contributed by atoms with Crippen LogP contribution in [0.25, 0.3) is 0 Å². The number of halogens is 3. The van der Waals surface area contributed by atoms with Gasteiger partial charge in [-0.1, -0.05) is 23.2 Å². The molecule has 0 saturated heterocycles. The normalized spacial score (nSPS) is 10.3. The van der Waals surface area contributed by atoms with Crippen LogP contribution in [0.15, 0.2) is 30.3 Å². The summed E-state index contributed by atoms with van der Waals surface area (Å²) in [5.74, 6) is -1.32. The third-order valence-corrected chi connectivity index (χ3v) is 3.14. The highest BCUT2D eigenvalue weighted by Gasteiger charge is 2.10. The Hall–Kier alpha value is -1.98. The summed E-state index contributed by atoms with van der Waals surface area (Å²) in [7, 11) is 0. The maximum Gasteiger partial charge on any atom is 0.250 e. The maximum absolute atomic E-state index is 13.3. The van der Waals surface area contributed by atoms with Gasteiger partial charge in [-0.05, 0) is 30.3 Å². The standard InChI is InChI=1S/C13H10Cl2FN3O/c14-9-4-7(5-10(15)12(9)16)19-6-1-2-11(17)8(3-6)13(18)20/h1-5,19H,17H2,(H2,18,20). The lowest BCUT2D eigenvalue weighted by atomic mass is 10.1. The fourth-order valence-electron chi connectivity index (χ4n) is 1.64. The van der Waals surface area contributed by atoms with Crippen molar-refractivity contribution in [3.05, 3.63) is 51.8 Å². The molecule has 5 N–H and O–H groups in total. The zero-order valence-corrected chi connectivity index (χ0v) is 11.6. The van der Waals surface area contributed by atoms with Gasteiger partial charge < -0.3 is 16.8 Å². The van der Waals surface area contributed by atoms with Gasteiger partial charge in [-0.25, -0.2) is 4.39 Å². The van der Waals surface area contributed by atoms with Crippen LogP contribution < -0.4 is 16.8 Å². The van der Waals surface area contributed by atoms with E-state index in [1.54, 1.807) is 6.07 Å². The van der Waals surface area contributed by atoms with Gasteiger partial charge in [0, 0.05) is 17.1 Å². The van der Waals surface area contributed by atoms with Gasteiger partial charge in [0.2, 0.25) is 0 Å². The predicted molar refractivity (Wildman–Crippen MR) is 79.1 cm³/mol. The number of hydrogen-bond acceptors (Lipinski definition) is 3. The number of nitrogen functional groups attached to an aromatic ring is 1. The molecule has 0 aliphatic carbocycles. The lowest BCUT2D eigenvalue weighted by Gasteiger charge is -2.10. The molecule has 0 heterocycles. The highest BCUT2D eigenvalue weighted by molar-refractivity contribution is 6.35. The summed E-state index contributed by atoms with van der Waals surface area (Å²) in [6, 6.07) is 7.43. The molecule has 0 aliphatic rings. The topological polar surface area (TPSA) is 81.1 Å². The lowest BCUT2D eigenvalue weighted by molar-refractivity contribution is 0.100. The van der Waals surface area contributed by atoms with Crippen LogP contribution in [0.3, 0.4) is 0 Å². The molecule has 0 aromatic heterocycles. The van der Waals surface area contributed by atoms with E-state index in [1.165, 1.54) is 24.3 Å². The zero-order chi connectivity index (χ0) is 14.9. The molecule has 0 radical (unpaired) electrons. The van der Waals surface area contributed by atoms with E-state index in [9.17, 15) is 9.18 Å². The molecular weight excluding hydrogens is 304 g/mol.